The highest BCUT2D eigenvalue weighted by Crippen LogP contribution is 2.32. The molecule has 0 radical (unpaired) electrons. The number of fused-ring (bicyclic) bond motifs is 1. The second kappa shape index (κ2) is 5.28. The summed E-state index contributed by atoms with van der Waals surface area (Å²) < 4.78 is 10.4. The maximum Gasteiger partial charge on any atom is 0.255 e. The van der Waals surface area contributed by atoms with Gasteiger partial charge >= 0.3 is 0 Å². The summed E-state index contributed by atoms with van der Waals surface area (Å²) in [5.74, 6) is 0.944. The average Bonchev–Trinajstić information content (AvgIpc) is 2.95. The lowest BCUT2D eigenvalue weighted by Crippen LogP contribution is -2.11. The zero-order valence-electron chi connectivity index (χ0n) is 11.4. The number of rotatable bonds is 3. The van der Waals surface area contributed by atoms with Crippen LogP contribution >= 0.6 is 0 Å². The molecule has 106 valence electrons. The van der Waals surface area contributed by atoms with Gasteiger partial charge in [0.25, 0.3) is 5.91 Å². The molecule has 1 aliphatic heterocycles. The van der Waals surface area contributed by atoms with Crippen molar-refractivity contribution in [1.82, 2.24) is 0 Å². The molecule has 1 aliphatic rings. The minimum absolute atomic E-state index is 0.0105. The van der Waals surface area contributed by atoms with Crippen molar-refractivity contribution in [2.75, 3.05) is 12.1 Å². The molecule has 1 amide bonds. The third-order valence-electron chi connectivity index (χ3n) is 3.18. The van der Waals surface area contributed by atoms with Gasteiger partial charge in [-0.25, -0.2) is 0 Å². The minimum atomic E-state index is -0.246. The molecule has 0 fully saturated rings. The Balaban J connectivity index is 1.75. The monoisotopic (exact) mass is 283 g/mol. The van der Waals surface area contributed by atoms with E-state index >= 15 is 0 Å². The van der Waals surface area contributed by atoms with Crippen LogP contribution in [0.25, 0.3) is 0 Å². The van der Waals surface area contributed by atoms with Crippen LogP contribution in [0.2, 0.25) is 0 Å². The molecule has 0 saturated carbocycles. The first kappa shape index (κ1) is 13.2. The molecule has 2 aromatic carbocycles. The summed E-state index contributed by atoms with van der Waals surface area (Å²) in [6.07, 6.45) is 0. The van der Waals surface area contributed by atoms with Gasteiger partial charge in [0.1, 0.15) is 0 Å². The van der Waals surface area contributed by atoms with Gasteiger partial charge in [-0.15, -0.1) is 0 Å². The van der Waals surface area contributed by atoms with Gasteiger partial charge in [0, 0.05) is 16.8 Å². The van der Waals surface area contributed by atoms with E-state index in [0.717, 1.165) is 0 Å². The van der Waals surface area contributed by atoms with Crippen LogP contribution in [0.3, 0.4) is 0 Å². The number of benzene rings is 2. The molecule has 21 heavy (non-hydrogen) atoms. The van der Waals surface area contributed by atoms with Crippen molar-refractivity contribution < 1.29 is 19.1 Å². The molecule has 0 spiro atoms. The highest BCUT2D eigenvalue weighted by atomic mass is 16.7. The van der Waals surface area contributed by atoms with Gasteiger partial charge in [0.15, 0.2) is 17.3 Å². The summed E-state index contributed by atoms with van der Waals surface area (Å²) in [6.45, 7) is 1.67. The van der Waals surface area contributed by atoms with Gasteiger partial charge in [-0.1, -0.05) is 0 Å². The Hall–Kier alpha value is -2.82. The van der Waals surface area contributed by atoms with Gasteiger partial charge in [0.05, 0.1) is 0 Å². The quantitative estimate of drug-likeness (QED) is 0.880. The Labute approximate surface area is 121 Å². The first-order chi connectivity index (χ1) is 10.1. The van der Waals surface area contributed by atoms with Crippen LogP contribution in [0.1, 0.15) is 27.6 Å². The van der Waals surface area contributed by atoms with Gasteiger partial charge in [-0.05, 0) is 49.4 Å². The highest BCUT2D eigenvalue weighted by molar-refractivity contribution is 6.05. The number of ketones is 1. The molecular weight excluding hydrogens is 270 g/mol. The number of amides is 1. The molecule has 1 N–H and O–H groups in total. The Kier molecular flexibility index (Phi) is 3.31. The zero-order chi connectivity index (χ0) is 14.8. The Morgan fingerprint density at radius 1 is 0.952 bits per heavy atom. The minimum Gasteiger partial charge on any atom is -0.454 e. The molecule has 5 nitrogen and oxygen atoms in total. The topological polar surface area (TPSA) is 64.6 Å². The Morgan fingerprint density at radius 3 is 2.33 bits per heavy atom. The van der Waals surface area contributed by atoms with Gasteiger partial charge in [-0.3, -0.25) is 9.59 Å². The van der Waals surface area contributed by atoms with Crippen molar-refractivity contribution in [3.05, 3.63) is 53.6 Å². The predicted molar refractivity (Wildman–Crippen MR) is 77.0 cm³/mol. The second-order valence-corrected chi connectivity index (χ2v) is 4.66. The number of hydrogen-bond acceptors (Lipinski definition) is 4. The van der Waals surface area contributed by atoms with Crippen LogP contribution in [0.5, 0.6) is 11.5 Å². The van der Waals surface area contributed by atoms with Crippen molar-refractivity contribution in [1.29, 1.82) is 0 Å². The fourth-order valence-electron chi connectivity index (χ4n) is 2.03. The number of ether oxygens (including phenoxy) is 2. The molecule has 0 bridgehead atoms. The molecule has 0 aromatic heterocycles. The smallest absolute Gasteiger partial charge is 0.255 e. The lowest BCUT2D eigenvalue weighted by atomic mass is 10.1. The van der Waals surface area contributed by atoms with E-state index in [4.69, 9.17) is 9.47 Å². The van der Waals surface area contributed by atoms with Crippen LogP contribution in [0, 0.1) is 0 Å². The summed E-state index contributed by atoms with van der Waals surface area (Å²) in [6, 6.07) is 11.8. The van der Waals surface area contributed by atoms with Crippen molar-refractivity contribution in [2.45, 2.75) is 6.92 Å². The third-order valence-corrected chi connectivity index (χ3v) is 3.18. The van der Waals surface area contributed by atoms with E-state index in [1.54, 1.807) is 42.5 Å². The standard InChI is InChI=1S/C16H13NO4/c1-10(18)11-2-5-13(6-3-11)17-16(19)12-4-7-14-15(8-12)21-9-20-14/h2-8H,9H2,1H3,(H,17,19). The van der Waals surface area contributed by atoms with E-state index in [1.165, 1.54) is 6.92 Å². The van der Waals surface area contributed by atoms with Crippen LogP contribution in [0.4, 0.5) is 5.69 Å². The van der Waals surface area contributed by atoms with Crippen molar-refractivity contribution >= 4 is 17.4 Å². The first-order valence-electron chi connectivity index (χ1n) is 6.45. The fraction of sp³-hybridized carbons (Fsp3) is 0.125. The van der Waals surface area contributed by atoms with E-state index in [0.29, 0.717) is 28.3 Å². The number of carbonyl (C=O) groups is 2. The lowest BCUT2D eigenvalue weighted by Gasteiger charge is -2.06. The van der Waals surface area contributed by atoms with E-state index < -0.39 is 0 Å². The predicted octanol–water partition coefficient (Wildman–Crippen LogP) is 2.87. The van der Waals surface area contributed by atoms with Crippen LogP contribution in [0.15, 0.2) is 42.5 Å². The number of carbonyl (C=O) groups excluding carboxylic acids is 2. The maximum absolute atomic E-state index is 12.2. The number of nitrogens with one attached hydrogen (secondary N) is 1. The first-order valence-corrected chi connectivity index (χ1v) is 6.45. The molecule has 0 saturated heterocycles. The lowest BCUT2D eigenvalue weighted by molar-refractivity contribution is 0.101. The third kappa shape index (κ3) is 2.72. The summed E-state index contributed by atoms with van der Waals surface area (Å²) >= 11 is 0. The van der Waals surface area contributed by atoms with Gasteiger partial charge in [-0.2, -0.15) is 0 Å². The maximum atomic E-state index is 12.2. The van der Waals surface area contributed by atoms with Gasteiger partial charge in [0.2, 0.25) is 6.79 Å². The average molecular weight is 283 g/mol. The van der Waals surface area contributed by atoms with Crippen LogP contribution < -0.4 is 14.8 Å². The van der Waals surface area contributed by atoms with Crippen LogP contribution in [-0.2, 0) is 0 Å². The van der Waals surface area contributed by atoms with E-state index in [1.807, 2.05) is 0 Å². The van der Waals surface area contributed by atoms with Crippen molar-refractivity contribution in [3.8, 4) is 11.5 Å². The van der Waals surface area contributed by atoms with E-state index in [-0.39, 0.29) is 18.5 Å². The highest BCUT2D eigenvalue weighted by Gasteiger charge is 2.16. The fourth-order valence-corrected chi connectivity index (χ4v) is 2.03. The summed E-state index contributed by atoms with van der Waals surface area (Å²) in [5.41, 5.74) is 1.72. The molecule has 0 aliphatic carbocycles. The molecule has 3 rings (SSSR count). The van der Waals surface area contributed by atoms with Crippen molar-refractivity contribution in [3.63, 3.8) is 0 Å². The molecular formula is C16H13NO4. The van der Waals surface area contributed by atoms with Crippen LogP contribution in [-0.4, -0.2) is 18.5 Å². The molecule has 2 aromatic rings. The van der Waals surface area contributed by atoms with Crippen molar-refractivity contribution in [2.24, 2.45) is 0 Å². The normalized spacial score (nSPS) is 12.0. The van der Waals surface area contributed by atoms with E-state index in [9.17, 15) is 9.59 Å². The summed E-state index contributed by atoms with van der Waals surface area (Å²) in [7, 11) is 0. The largest absolute Gasteiger partial charge is 0.454 e. The second-order valence-electron chi connectivity index (χ2n) is 4.66. The van der Waals surface area contributed by atoms with E-state index in [2.05, 4.69) is 5.32 Å². The number of hydrogen-bond donors (Lipinski definition) is 1. The number of Topliss-reactive ketones (excluding diaryl/α,β-unsaturated/α-hetero) is 1. The molecule has 1 heterocycles. The summed E-state index contributed by atoms with van der Waals surface area (Å²) in [4.78, 5) is 23.4. The Bertz CT molecular complexity index is 707. The Morgan fingerprint density at radius 2 is 1.62 bits per heavy atom. The number of anilines is 1. The molecule has 0 atom stereocenters. The van der Waals surface area contributed by atoms with Gasteiger partial charge < -0.3 is 14.8 Å². The zero-order valence-corrected chi connectivity index (χ0v) is 11.4. The molecule has 0 unspecified atom stereocenters. The molecule has 5 heteroatoms. The summed E-state index contributed by atoms with van der Waals surface area (Å²) in [5, 5.41) is 2.77. The SMILES string of the molecule is CC(=O)c1ccc(NC(=O)c2ccc3c(c2)OCO3)cc1.